The Bertz CT molecular complexity index is 963. The molecule has 3 saturated heterocycles. The fourth-order valence-electron chi connectivity index (χ4n) is 4.05. The van der Waals surface area contributed by atoms with Gasteiger partial charge in [0, 0.05) is 35.1 Å². The lowest BCUT2D eigenvalue weighted by Crippen LogP contribution is -2.57. The number of aromatic nitrogens is 3. The standard InChI is InChI=1S/C18H19N5OS.CH2O2/c24-17(20-15-10-23-6-3-11(15)4-7-23)16-13-9-12(18-19-5-8-25-18)1-2-14(13)21-22-16;2-1-3/h1-2,5,8-9,11,15H,3-4,6-7,10H2,(H,20,24)(H,21,22);1H,(H,2,3)/t15-;/m0./s1. The largest absolute Gasteiger partial charge is 0.483 e. The Hall–Kier alpha value is -2.78. The molecule has 8 nitrogen and oxygen atoms in total. The number of thiazole rings is 1. The molecule has 3 aliphatic heterocycles. The van der Waals surface area contributed by atoms with E-state index >= 15 is 0 Å². The van der Waals surface area contributed by atoms with Gasteiger partial charge in [-0.15, -0.1) is 11.3 Å². The smallest absolute Gasteiger partial charge is 0.290 e. The molecule has 1 amide bonds. The fraction of sp³-hybridized carbons (Fsp3) is 0.368. The van der Waals surface area contributed by atoms with Crippen molar-refractivity contribution in [2.45, 2.75) is 18.9 Å². The second kappa shape index (κ2) is 8.07. The molecule has 3 aliphatic rings. The number of nitrogens with zero attached hydrogens (tertiary/aromatic N) is 3. The lowest BCUT2D eigenvalue weighted by atomic mass is 9.84. The van der Waals surface area contributed by atoms with Crippen LogP contribution in [0, 0.1) is 5.92 Å². The Balaban J connectivity index is 0.000000604. The lowest BCUT2D eigenvalue weighted by Gasteiger charge is -2.44. The van der Waals surface area contributed by atoms with Crippen LogP contribution in [0.5, 0.6) is 0 Å². The molecule has 0 radical (unpaired) electrons. The van der Waals surface area contributed by atoms with E-state index in [1.54, 1.807) is 17.5 Å². The maximum absolute atomic E-state index is 12.8. The van der Waals surface area contributed by atoms with Crippen LogP contribution in [-0.4, -0.2) is 63.2 Å². The molecule has 3 N–H and O–H groups in total. The average Bonchev–Trinajstić information content (AvgIpc) is 3.39. The van der Waals surface area contributed by atoms with Crippen molar-refractivity contribution in [3.05, 3.63) is 35.5 Å². The van der Waals surface area contributed by atoms with Crippen LogP contribution in [0.2, 0.25) is 0 Å². The molecule has 9 heteroatoms. The van der Waals surface area contributed by atoms with Gasteiger partial charge in [0.15, 0.2) is 5.69 Å². The Morgan fingerprint density at radius 1 is 1.36 bits per heavy atom. The van der Waals surface area contributed by atoms with Crippen LogP contribution in [0.4, 0.5) is 0 Å². The van der Waals surface area contributed by atoms with E-state index in [-0.39, 0.29) is 18.4 Å². The normalized spacial score (nSPS) is 23.1. The van der Waals surface area contributed by atoms with Gasteiger partial charge in [0.25, 0.3) is 12.4 Å². The predicted molar refractivity (Wildman–Crippen MR) is 106 cm³/mol. The molecule has 5 heterocycles. The maximum Gasteiger partial charge on any atom is 0.290 e. The summed E-state index contributed by atoms with van der Waals surface area (Å²) >= 11 is 1.59. The number of carbonyl (C=O) groups is 2. The molecule has 146 valence electrons. The second-order valence-corrected chi connectivity index (χ2v) is 7.89. The molecule has 0 spiro atoms. The van der Waals surface area contributed by atoms with Crippen LogP contribution in [0.25, 0.3) is 21.5 Å². The van der Waals surface area contributed by atoms with Gasteiger partial charge in [-0.3, -0.25) is 14.7 Å². The highest BCUT2D eigenvalue weighted by molar-refractivity contribution is 7.13. The number of carboxylic acid groups (broad SMARTS) is 1. The van der Waals surface area contributed by atoms with Gasteiger partial charge >= 0.3 is 0 Å². The van der Waals surface area contributed by atoms with Crippen molar-refractivity contribution in [2.75, 3.05) is 19.6 Å². The summed E-state index contributed by atoms with van der Waals surface area (Å²) in [7, 11) is 0. The lowest BCUT2D eigenvalue weighted by molar-refractivity contribution is -0.122. The van der Waals surface area contributed by atoms with E-state index in [4.69, 9.17) is 9.90 Å². The van der Waals surface area contributed by atoms with Crippen molar-refractivity contribution in [2.24, 2.45) is 5.92 Å². The quantitative estimate of drug-likeness (QED) is 0.582. The average molecular weight is 399 g/mol. The third kappa shape index (κ3) is 3.63. The fourth-order valence-corrected chi connectivity index (χ4v) is 4.69. The third-order valence-electron chi connectivity index (χ3n) is 5.43. The van der Waals surface area contributed by atoms with Gasteiger partial charge in [-0.05, 0) is 50.0 Å². The Morgan fingerprint density at radius 2 is 2.14 bits per heavy atom. The van der Waals surface area contributed by atoms with Crippen LogP contribution in [-0.2, 0) is 4.79 Å². The number of piperidine rings is 3. The predicted octanol–water partition coefficient (Wildman–Crippen LogP) is 2.21. The van der Waals surface area contributed by atoms with E-state index in [0.29, 0.717) is 11.6 Å². The first-order chi connectivity index (χ1) is 13.7. The van der Waals surface area contributed by atoms with E-state index < -0.39 is 0 Å². The number of carbonyl (C=O) groups excluding carboxylic acids is 1. The third-order valence-corrected chi connectivity index (χ3v) is 6.25. The van der Waals surface area contributed by atoms with Gasteiger partial charge in [-0.25, -0.2) is 4.98 Å². The van der Waals surface area contributed by atoms with E-state index in [9.17, 15) is 4.79 Å². The number of benzene rings is 1. The van der Waals surface area contributed by atoms with Gasteiger partial charge in [-0.2, -0.15) is 5.10 Å². The summed E-state index contributed by atoms with van der Waals surface area (Å²) in [6, 6.07) is 6.21. The highest BCUT2D eigenvalue weighted by atomic mass is 32.1. The molecular formula is C19H21N5O3S. The van der Waals surface area contributed by atoms with E-state index in [0.717, 1.165) is 28.0 Å². The van der Waals surface area contributed by atoms with Crippen LogP contribution in [0.1, 0.15) is 23.3 Å². The summed E-state index contributed by atoms with van der Waals surface area (Å²) in [5, 5.41) is 21.1. The minimum atomic E-state index is -0.250. The molecular weight excluding hydrogens is 378 g/mol. The Morgan fingerprint density at radius 3 is 2.79 bits per heavy atom. The van der Waals surface area contributed by atoms with E-state index in [2.05, 4.69) is 25.4 Å². The molecule has 1 atom stereocenters. The summed E-state index contributed by atoms with van der Waals surface area (Å²) in [5.41, 5.74) is 2.37. The molecule has 3 aromatic rings. The molecule has 1 aromatic carbocycles. The van der Waals surface area contributed by atoms with Crippen LogP contribution in [0.3, 0.4) is 0 Å². The summed E-state index contributed by atoms with van der Waals surface area (Å²) < 4.78 is 0. The monoisotopic (exact) mass is 399 g/mol. The zero-order valence-corrected chi connectivity index (χ0v) is 16.0. The van der Waals surface area contributed by atoms with Crippen molar-refractivity contribution in [3.63, 3.8) is 0 Å². The number of nitrogens with one attached hydrogen (secondary N) is 2. The maximum atomic E-state index is 12.8. The van der Waals surface area contributed by atoms with Crippen molar-refractivity contribution in [1.82, 2.24) is 25.4 Å². The van der Waals surface area contributed by atoms with E-state index in [1.807, 2.05) is 23.6 Å². The minimum absolute atomic E-state index is 0.0821. The van der Waals surface area contributed by atoms with Crippen LogP contribution in [0.15, 0.2) is 29.8 Å². The summed E-state index contributed by atoms with van der Waals surface area (Å²) in [6.45, 7) is 3.04. The van der Waals surface area contributed by atoms with Gasteiger partial charge < -0.3 is 15.3 Å². The summed E-state index contributed by atoms with van der Waals surface area (Å²) in [5.74, 6) is 0.520. The van der Waals surface area contributed by atoms with Crippen molar-refractivity contribution < 1.29 is 14.7 Å². The molecule has 0 aliphatic carbocycles. The molecule has 28 heavy (non-hydrogen) atoms. The number of fused-ring (bicyclic) bond motifs is 4. The minimum Gasteiger partial charge on any atom is -0.483 e. The number of hydrogen-bond donors (Lipinski definition) is 3. The number of hydrogen-bond acceptors (Lipinski definition) is 6. The van der Waals surface area contributed by atoms with Gasteiger partial charge in [-0.1, -0.05) is 0 Å². The number of H-pyrrole nitrogens is 1. The van der Waals surface area contributed by atoms with Crippen LogP contribution >= 0.6 is 11.3 Å². The Labute approximate surface area is 165 Å². The zero-order chi connectivity index (χ0) is 19.5. The van der Waals surface area contributed by atoms with Gasteiger partial charge in [0.2, 0.25) is 0 Å². The highest BCUT2D eigenvalue weighted by Crippen LogP contribution is 2.29. The molecule has 3 fully saturated rings. The van der Waals surface area contributed by atoms with Crippen molar-refractivity contribution in [1.29, 1.82) is 0 Å². The first-order valence-electron chi connectivity index (χ1n) is 9.18. The SMILES string of the molecule is O=C(N[C@H]1CN2CCC1CC2)c1n[nH]c2ccc(-c3nccs3)cc12.O=CO. The van der Waals surface area contributed by atoms with Crippen molar-refractivity contribution in [3.8, 4) is 10.6 Å². The molecule has 0 unspecified atom stereocenters. The molecule has 2 bridgehead atoms. The summed E-state index contributed by atoms with van der Waals surface area (Å²) in [4.78, 5) is 28.0. The van der Waals surface area contributed by atoms with Crippen LogP contribution < -0.4 is 5.32 Å². The molecule has 6 rings (SSSR count). The zero-order valence-electron chi connectivity index (χ0n) is 15.2. The topological polar surface area (TPSA) is 111 Å². The summed E-state index contributed by atoms with van der Waals surface area (Å²) in [6.07, 6.45) is 4.15. The number of rotatable bonds is 3. The second-order valence-electron chi connectivity index (χ2n) is 6.99. The van der Waals surface area contributed by atoms with Gasteiger partial charge in [0.1, 0.15) is 5.01 Å². The van der Waals surface area contributed by atoms with E-state index in [1.165, 1.54) is 25.9 Å². The van der Waals surface area contributed by atoms with Gasteiger partial charge in [0.05, 0.1) is 5.52 Å². The first kappa shape index (κ1) is 18.6. The highest BCUT2D eigenvalue weighted by Gasteiger charge is 2.35. The number of amides is 1. The van der Waals surface area contributed by atoms with Crippen molar-refractivity contribution >= 4 is 34.6 Å². The Kier molecular flexibility index (Phi) is 5.36. The molecule has 2 aromatic heterocycles. The first-order valence-corrected chi connectivity index (χ1v) is 10.1. The number of aromatic amines is 1. The molecule has 0 saturated carbocycles.